The Morgan fingerprint density at radius 1 is 1.00 bits per heavy atom. The van der Waals surface area contributed by atoms with E-state index in [1.807, 2.05) is 23.2 Å². The second-order valence-corrected chi connectivity index (χ2v) is 4.54. The monoisotopic (exact) mass is 245 g/mol. The van der Waals surface area contributed by atoms with E-state index < -0.39 is 0 Å². The van der Waals surface area contributed by atoms with E-state index in [-0.39, 0.29) is 0 Å². The summed E-state index contributed by atoms with van der Waals surface area (Å²) in [7, 11) is 0. The van der Waals surface area contributed by atoms with Gasteiger partial charge in [-0.15, -0.1) is 5.11 Å². The van der Waals surface area contributed by atoms with E-state index in [0.29, 0.717) is 5.92 Å². The fourth-order valence-electron chi connectivity index (χ4n) is 2.21. The second kappa shape index (κ2) is 7.53. The lowest BCUT2D eigenvalue weighted by Crippen LogP contribution is -2.31. The summed E-state index contributed by atoms with van der Waals surface area (Å²) < 4.78 is 0. The van der Waals surface area contributed by atoms with Gasteiger partial charge in [0.15, 0.2) is 0 Å². The summed E-state index contributed by atoms with van der Waals surface area (Å²) in [6.07, 6.45) is 16.5. The van der Waals surface area contributed by atoms with Crippen molar-refractivity contribution in [3.8, 4) is 0 Å². The Balaban J connectivity index is 2.00. The molecule has 1 fully saturated rings. The SMILES string of the molecule is C1=CC=CN=NN=NN2CCCC(CCC=C1)C2. The van der Waals surface area contributed by atoms with Gasteiger partial charge in [-0.3, -0.25) is 5.01 Å². The molecule has 2 heterocycles. The predicted molar refractivity (Wildman–Crippen MR) is 70.7 cm³/mol. The highest BCUT2D eigenvalue weighted by atomic mass is 15.6. The minimum atomic E-state index is 0.714. The summed E-state index contributed by atoms with van der Waals surface area (Å²) in [5.41, 5.74) is 0. The summed E-state index contributed by atoms with van der Waals surface area (Å²) in [6.45, 7) is 1.96. The lowest BCUT2D eigenvalue weighted by molar-refractivity contribution is 0.162. The van der Waals surface area contributed by atoms with Gasteiger partial charge in [0.25, 0.3) is 0 Å². The zero-order valence-electron chi connectivity index (χ0n) is 10.5. The van der Waals surface area contributed by atoms with Crippen LogP contribution in [0.3, 0.4) is 0 Å². The molecule has 5 nitrogen and oxygen atoms in total. The van der Waals surface area contributed by atoms with Crippen LogP contribution in [0.2, 0.25) is 0 Å². The third kappa shape index (κ3) is 4.61. The maximum atomic E-state index is 4.08. The van der Waals surface area contributed by atoms with Crippen molar-refractivity contribution in [3.63, 3.8) is 0 Å². The fraction of sp³-hybridized carbons (Fsp3) is 0.538. The number of piperidine rings is 1. The van der Waals surface area contributed by atoms with Crippen molar-refractivity contribution in [2.24, 2.45) is 26.7 Å². The van der Waals surface area contributed by atoms with Crippen LogP contribution in [-0.4, -0.2) is 18.1 Å². The molecule has 2 rings (SSSR count). The topological polar surface area (TPSA) is 52.7 Å². The van der Waals surface area contributed by atoms with Crippen LogP contribution < -0.4 is 0 Å². The Morgan fingerprint density at radius 3 is 2.94 bits per heavy atom. The highest BCUT2D eigenvalue weighted by Gasteiger charge is 2.18. The molecule has 0 aromatic heterocycles. The Morgan fingerprint density at radius 2 is 1.94 bits per heavy atom. The van der Waals surface area contributed by atoms with Crippen molar-refractivity contribution in [2.75, 3.05) is 13.1 Å². The van der Waals surface area contributed by atoms with Gasteiger partial charge >= 0.3 is 0 Å². The number of fused-ring (bicyclic) bond motifs is 2. The van der Waals surface area contributed by atoms with Gasteiger partial charge in [-0.2, -0.15) is 0 Å². The average molecular weight is 245 g/mol. The first kappa shape index (κ1) is 12.7. The zero-order chi connectivity index (χ0) is 12.5. The van der Waals surface area contributed by atoms with Crippen LogP contribution in [0.4, 0.5) is 0 Å². The normalized spacial score (nSPS) is 24.9. The lowest BCUT2D eigenvalue weighted by atomic mass is 9.94. The zero-order valence-corrected chi connectivity index (χ0v) is 10.5. The molecular formula is C13H19N5. The van der Waals surface area contributed by atoms with Gasteiger partial charge in [-0.05, 0) is 53.3 Å². The molecule has 0 N–H and O–H groups in total. The highest BCUT2D eigenvalue weighted by molar-refractivity contribution is 5.10. The summed E-state index contributed by atoms with van der Waals surface area (Å²) in [5, 5.41) is 17.2. The first-order valence-electron chi connectivity index (χ1n) is 6.49. The Bertz CT molecular complexity index is 381. The average Bonchev–Trinajstić information content (AvgIpc) is 2.40. The van der Waals surface area contributed by atoms with Gasteiger partial charge < -0.3 is 0 Å². The van der Waals surface area contributed by atoms with E-state index in [2.05, 4.69) is 32.9 Å². The summed E-state index contributed by atoms with van der Waals surface area (Å²) >= 11 is 0. The molecule has 1 unspecified atom stereocenters. The molecule has 2 aliphatic rings. The fourth-order valence-corrected chi connectivity index (χ4v) is 2.21. The summed E-state index contributed by atoms with van der Waals surface area (Å²) in [4.78, 5) is 0. The predicted octanol–water partition coefficient (Wildman–Crippen LogP) is 3.85. The van der Waals surface area contributed by atoms with Crippen molar-refractivity contribution >= 4 is 0 Å². The molecule has 18 heavy (non-hydrogen) atoms. The van der Waals surface area contributed by atoms with Gasteiger partial charge in [0.1, 0.15) is 0 Å². The molecule has 0 saturated carbocycles. The van der Waals surface area contributed by atoms with Crippen molar-refractivity contribution in [2.45, 2.75) is 25.7 Å². The van der Waals surface area contributed by atoms with Crippen LogP contribution in [0.15, 0.2) is 57.4 Å². The molecule has 1 atom stereocenters. The highest BCUT2D eigenvalue weighted by Crippen LogP contribution is 2.21. The van der Waals surface area contributed by atoms with Gasteiger partial charge in [0.2, 0.25) is 0 Å². The Hall–Kier alpha value is -1.78. The largest absolute Gasteiger partial charge is 0.277 e. The first-order valence-corrected chi connectivity index (χ1v) is 6.49. The van der Waals surface area contributed by atoms with Crippen LogP contribution >= 0.6 is 0 Å². The molecule has 0 aromatic carbocycles. The van der Waals surface area contributed by atoms with E-state index in [4.69, 9.17) is 0 Å². The quantitative estimate of drug-likeness (QED) is 0.639. The van der Waals surface area contributed by atoms with E-state index in [1.54, 1.807) is 6.20 Å². The lowest BCUT2D eigenvalue weighted by Gasteiger charge is -2.29. The van der Waals surface area contributed by atoms with E-state index >= 15 is 0 Å². The molecule has 2 aliphatic heterocycles. The van der Waals surface area contributed by atoms with Crippen molar-refractivity contribution in [3.05, 3.63) is 36.6 Å². The minimum Gasteiger partial charge on any atom is -0.277 e. The number of hydrogen-bond acceptors (Lipinski definition) is 5. The number of rotatable bonds is 0. The third-order valence-corrected chi connectivity index (χ3v) is 3.12. The standard InChI is InChI=1S/C13H19N5/c1-2-4-6-10-14-15-16-17-18-11-7-9-13(12-18)8-5-3-1/h1-4,6,10,13H,5,7-9,11-12H2. The molecule has 5 heteroatoms. The molecule has 0 aromatic rings. The maximum absolute atomic E-state index is 4.08. The van der Waals surface area contributed by atoms with Crippen molar-refractivity contribution < 1.29 is 0 Å². The van der Waals surface area contributed by atoms with Gasteiger partial charge in [-0.25, -0.2) is 0 Å². The van der Waals surface area contributed by atoms with Gasteiger partial charge in [0.05, 0.1) is 6.20 Å². The van der Waals surface area contributed by atoms with Crippen LogP contribution in [0.5, 0.6) is 0 Å². The van der Waals surface area contributed by atoms with E-state index in [1.165, 1.54) is 19.3 Å². The molecule has 2 bridgehead atoms. The van der Waals surface area contributed by atoms with E-state index in [9.17, 15) is 0 Å². The summed E-state index contributed by atoms with van der Waals surface area (Å²) in [6, 6.07) is 0. The molecule has 0 aliphatic carbocycles. The maximum Gasteiger partial charge on any atom is 0.0514 e. The van der Waals surface area contributed by atoms with Gasteiger partial charge in [-0.1, -0.05) is 24.3 Å². The Labute approximate surface area is 108 Å². The third-order valence-electron chi connectivity index (χ3n) is 3.12. The summed E-state index contributed by atoms with van der Waals surface area (Å²) in [5.74, 6) is 0.714. The minimum absolute atomic E-state index is 0.714. The number of hydrogen-bond donors (Lipinski definition) is 0. The number of allylic oxidation sites excluding steroid dienone is 5. The van der Waals surface area contributed by atoms with Crippen LogP contribution in [0, 0.1) is 5.92 Å². The van der Waals surface area contributed by atoms with Crippen molar-refractivity contribution in [1.29, 1.82) is 0 Å². The van der Waals surface area contributed by atoms with Crippen LogP contribution in [0.1, 0.15) is 25.7 Å². The van der Waals surface area contributed by atoms with Crippen LogP contribution in [0.25, 0.3) is 0 Å². The molecule has 1 saturated heterocycles. The second-order valence-electron chi connectivity index (χ2n) is 4.54. The van der Waals surface area contributed by atoms with Crippen LogP contribution in [-0.2, 0) is 0 Å². The first-order chi connectivity index (χ1) is 8.95. The molecule has 0 spiro atoms. The molecule has 96 valence electrons. The molecule has 0 radical (unpaired) electrons. The van der Waals surface area contributed by atoms with Crippen molar-refractivity contribution in [1.82, 2.24) is 5.01 Å². The van der Waals surface area contributed by atoms with E-state index in [0.717, 1.165) is 19.5 Å². The molecular weight excluding hydrogens is 226 g/mol. The molecule has 0 amide bonds. The Kier molecular flexibility index (Phi) is 5.30. The number of nitrogens with zero attached hydrogens (tertiary/aromatic N) is 5. The van der Waals surface area contributed by atoms with Gasteiger partial charge in [0, 0.05) is 13.1 Å². The smallest absolute Gasteiger partial charge is 0.0514 e.